The zero-order valence-electron chi connectivity index (χ0n) is 18.3. The van der Waals surface area contributed by atoms with E-state index in [1.54, 1.807) is 55.5 Å². The fourth-order valence-corrected chi connectivity index (χ4v) is 4.68. The van der Waals surface area contributed by atoms with Gasteiger partial charge in [-0.3, -0.25) is 15.6 Å². The number of nitrogens with zero attached hydrogens (tertiary/aromatic N) is 1. The van der Waals surface area contributed by atoms with E-state index in [4.69, 9.17) is 0 Å². The van der Waals surface area contributed by atoms with E-state index in [2.05, 4.69) is 26.1 Å². The first kappa shape index (κ1) is 24.4. The van der Waals surface area contributed by atoms with Crippen molar-refractivity contribution in [3.8, 4) is 5.75 Å². The molecule has 0 aliphatic heterocycles. The molecule has 11 heteroatoms. The standard InChI is InChI=1S/C22H25N5O4S2/c1-14-8-11-18(12-9-14)33(30,31)27-25-19(13-10-17-6-4-5-7-20(17)29)21-15(2)23-22(32-21)26-24-16(3)28/h4-13,19,25,27,29H,1-3H3,(H,23,26)(H,24,28)/b13-10+/t19-/m1/s1. The maximum atomic E-state index is 12.8. The fourth-order valence-electron chi connectivity index (χ4n) is 2.84. The number of rotatable bonds is 9. The summed E-state index contributed by atoms with van der Waals surface area (Å²) in [5.41, 5.74) is 10.2. The summed E-state index contributed by atoms with van der Waals surface area (Å²) in [6, 6.07) is 12.7. The van der Waals surface area contributed by atoms with E-state index < -0.39 is 16.1 Å². The Balaban J connectivity index is 1.88. The molecule has 0 fully saturated rings. The number of phenols is 1. The van der Waals surface area contributed by atoms with Crippen molar-refractivity contribution in [1.82, 2.24) is 20.7 Å². The highest BCUT2D eigenvalue weighted by molar-refractivity contribution is 7.89. The molecule has 0 radical (unpaired) electrons. The number of thiazole rings is 1. The quantitative estimate of drug-likeness (QED) is 0.293. The molecule has 0 saturated carbocycles. The summed E-state index contributed by atoms with van der Waals surface area (Å²) in [4.78, 5) is 18.8. The van der Waals surface area contributed by atoms with Gasteiger partial charge < -0.3 is 5.11 Å². The van der Waals surface area contributed by atoms with E-state index in [1.165, 1.54) is 30.4 Å². The second-order valence-electron chi connectivity index (χ2n) is 7.23. The van der Waals surface area contributed by atoms with E-state index >= 15 is 0 Å². The average Bonchev–Trinajstić information content (AvgIpc) is 3.14. The summed E-state index contributed by atoms with van der Waals surface area (Å²) in [5, 5.41) is 10.5. The van der Waals surface area contributed by atoms with Gasteiger partial charge in [0.2, 0.25) is 11.0 Å². The van der Waals surface area contributed by atoms with E-state index in [0.717, 1.165) is 5.56 Å². The molecule has 2 aromatic carbocycles. The van der Waals surface area contributed by atoms with Crippen LogP contribution in [-0.2, 0) is 14.8 Å². The molecule has 5 N–H and O–H groups in total. The minimum atomic E-state index is -3.83. The molecule has 1 atom stereocenters. The van der Waals surface area contributed by atoms with E-state index in [0.29, 0.717) is 21.3 Å². The average molecular weight is 488 g/mol. The Morgan fingerprint density at radius 3 is 2.48 bits per heavy atom. The Hall–Kier alpha value is -3.25. The van der Waals surface area contributed by atoms with E-state index in [-0.39, 0.29) is 16.6 Å². The predicted octanol–water partition coefficient (Wildman–Crippen LogP) is 3.17. The number of hydrogen-bond donors (Lipinski definition) is 5. The molecule has 174 valence electrons. The number of carbonyl (C=O) groups excluding carboxylic acids is 1. The van der Waals surface area contributed by atoms with Crippen LogP contribution in [0.3, 0.4) is 0 Å². The van der Waals surface area contributed by atoms with Gasteiger partial charge in [0.25, 0.3) is 10.0 Å². The molecular weight excluding hydrogens is 462 g/mol. The summed E-state index contributed by atoms with van der Waals surface area (Å²) in [5.74, 6) is -0.175. The third kappa shape index (κ3) is 6.62. The van der Waals surface area contributed by atoms with Gasteiger partial charge in [-0.1, -0.05) is 59.4 Å². The SMILES string of the molecule is CC(=O)NNc1nc(C)c([C@@H](/C=C/c2ccccc2O)NNS(=O)(=O)c2ccc(C)cc2)s1. The molecule has 0 aliphatic rings. The minimum Gasteiger partial charge on any atom is -0.507 e. The summed E-state index contributed by atoms with van der Waals surface area (Å²) in [7, 11) is -3.83. The molecule has 0 spiro atoms. The summed E-state index contributed by atoms with van der Waals surface area (Å²) in [6.07, 6.45) is 3.41. The first-order valence-corrected chi connectivity index (χ1v) is 12.3. The van der Waals surface area contributed by atoms with Crippen LogP contribution < -0.4 is 21.1 Å². The molecule has 1 heterocycles. The van der Waals surface area contributed by atoms with Crippen molar-refractivity contribution in [2.75, 3.05) is 5.43 Å². The van der Waals surface area contributed by atoms with Crippen LogP contribution >= 0.6 is 11.3 Å². The summed E-state index contributed by atoms with van der Waals surface area (Å²) < 4.78 is 25.5. The number of hydrazine groups is 2. The number of aryl methyl sites for hydroxylation is 2. The molecule has 0 aliphatic carbocycles. The van der Waals surface area contributed by atoms with Crippen LogP contribution in [0.5, 0.6) is 5.75 Å². The highest BCUT2D eigenvalue weighted by Crippen LogP contribution is 2.30. The van der Waals surface area contributed by atoms with Crippen molar-refractivity contribution in [2.24, 2.45) is 0 Å². The zero-order chi connectivity index (χ0) is 24.0. The number of aromatic nitrogens is 1. The van der Waals surface area contributed by atoms with Gasteiger partial charge in [-0.05, 0) is 32.0 Å². The third-order valence-corrected chi connectivity index (χ3v) is 6.98. The number of phenolic OH excluding ortho intramolecular Hbond substituents is 1. The van der Waals surface area contributed by atoms with Crippen molar-refractivity contribution in [3.05, 3.63) is 76.3 Å². The van der Waals surface area contributed by atoms with Crippen LogP contribution in [-0.4, -0.2) is 24.4 Å². The number of nitrogens with one attached hydrogen (secondary N) is 4. The molecular formula is C22H25N5O4S2. The maximum absolute atomic E-state index is 12.8. The number of carbonyl (C=O) groups is 1. The number of aromatic hydroxyl groups is 1. The molecule has 1 aromatic heterocycles. The normalized spacial score (nSPS) is 12.6. The van der Waals surface area contributed by atoms with Gasteiger partial charge >= 0.3 is 0 Å². The molecule has 33 heavy (non-hydrogen) atoms. The second kappa shape index (κ2) is 10.6. The fraction of sp³-hybridized carbons (Fsp3) is 0.182. The molecule has 0 bridgehead atoms. The van der Waals surface area contributed by atoms with Gasteiger partial charge in [0.15, 0.2) is 0 Å². The van der Waals surface area contributed by atoms with E-state index in [1.807, 2.05) is 6.92 Å². The zero-order valence-corrected chi connectivity index (χ0v) is 19.9. The summed E-state index contributed by atoms with van der Waals surface area (Å²) in [6.45, 7) is 5.02. The van der Waals surface area contributed by atoms with Gasteiger partial charge in [-0.2, -0.15) is 0 Å². The summed E-state index contributed by atoms with van der Waals surface area (Å²) >= 11 is 1.25. The van der Waals surface area contributed by atoms with Crippen molar-refractivity contribution >= 4 is 38.5 Å². The van der Waals surface area contributed by atoms with E-state index in [9.17, 15) is 18.3 Å². The number of hydrogen-bond acceptors (Lipinski definition) is 8. The lowest BCUT2D eigenvalue weighted by molar-refractivity contribution is -0.118. The molecule has 0 saturated heterocycles. The van der Waals surface area contributed by atoms with Gasteiger partial charge in [0.1, 0.15) is 5.75 Å². The van der Waals surface area contributed by atoms with Crippen LogP contribution in [0.4, 0.5) is 5.13 Å². The van der Waals surface area contributed by atoms with Crippen LogP contribution in [0.15, 0.2) is 59.5 Å². The Kier molecular flexibility index (Phi) is 7.82. The lowest BCUT2D eigenvalue weighted by Crippen LogP contribution is -2.39. The number of para-hydroxylation sites is 1. The highest BCUT2D eigenvalue weighted by Gasteiger charge is 2.20. The van der Waals surface area contributed by atoms with Crippen molar-refractivity contribution in [3.63, 3.8) is 0 Å². The van der Waals surface area contributed by atoms with Crippen molar-refractivity contribution in [1.29, 1.82) is 0 Å². The van der Waals surface area contributed by atoms with Crippen LogP contribution in [0.25, 0.3) is 6.08 Å². The lowest BCUT2D eigenvalue weighted by Gasteiger charge is -2.16. The minimum absolute atomic E-state index is 0.0989. The Bertz CT molecular complexity index is 1250. The van der Waals surface area contributed by atoms with Gasteiger partial charge in [0.05, 0.1) is 21.5 Å². The molecule has 0 unspecified atom stereocenters. The molecule has 3 rings (SSSR count). The Morgan fingerprint density at radius 1 is 1.12 bits per heavy atom. The van der Waals surface area contributed by atoms with Crippen molar-refractivity contribution < 1.29 is 18.3 Å². The van der Waals surface area contributed by atoms with Gasteiger partial charge in [0, 0.05) is 12.5 Å². The first-order valence-electron chi connectivity index (χ1n) is 9.96. The highest BCUT2D eigenvalue weighted by atomic mass is 32.2. The number of sulfonamides is 1. The number of amides is 1. The lowest BCUT2D eigenvalue weighted by atomic mass is 10.1. The third-order valence-electron chi connectivity index (χ3n) is 4.55. The molecule has 3 aromatic rings. The number of benzene rings is 2. The second-order valence-corrected chi connectivity index (χ2v) is 9.95. The Morgan fingerprint density at radius 2 is 1.82 bits per heavy atom. The molecule has 9 nitrogen and oxygen atoms in total. The van der Waals surface area contributed by atoms with Crippen LogP contribution in [0.1, 0.15) is 34.7 Å². The topological polar surface area (TPSA) is 132 Å². The maximum Gasteiger partial charge on any atom is 0.253 e. The first-order chi connectivity index (χ1) is 15.7. The van der Waals surface area contributed by atoms with Gasteiger partial charge in [-0.15, -0.1) is 4.83 Å². The monoisotopic (exact) mass is 487 g/mol. The smallest absolute Gasteiger partial charge is 0.253 e. The van der Waals surface area contributed by atoms with Crippen molar-refractivity contribution in [2.45, 2.75) is 31.7 Å². The predicted molar refractivity (Wildman–Crippen MR) is 129 cm³/mol. The Labute approximate surface area is 196 Å². The number of anilines is 1. The van der Waals surface area contributed by atoms with Crippen LogP contribution in [0.2, 0.25) is 0 Å². The van der Waals surface area contributed by atoms with Crippen LogP contribution in [0, 0.1) is 13.8 Å². The molecule has 1 amide bonds. The van der Waals surface area contributed by atoms with Gasteiger partial charge in [-0.25, -0.2) is 18.8 Å². The largest absolute Gasteiger partial charge is 0.507 e.